The molecule has 0 aromatic heterocycles. The zero-order chi connectivity index (χ0) is 16.3. The van der Waals surface area contributed by atoms with Gasteiger partial charge in [0.1, 0.15) is 5.69 Å². The molecule has 1 aliphatic rings. The number of nitro groups is 1. The number of alkyl halides is 2. The normalized spacial score (nSPS) is 16.7. The van der Waals surface area contributed by atoms with Crippen molar-refractivity contribution in [2.45, 2.75) is 29.5 Å². The largest absolute Gasteiger partial charge is 0.377 e. The SMILES string of the molecule is O=[N+]([O-])c1cc(S(=O)(=O)C(F)F)ccc1NC1CCSCC1. The first-order valence-corrected chi connectivity index (χ1v) is 9.17. The Morgan fingerprint density at radius 3 is 2.50 bits per heavy atom. The molecule has 1 N–H and O–H groups in total. The first-order valence-electron chi connectivity index (χ1n) is 6.47. The lowest BCUT2D eigenvalue weighted by Gasteiger charge is -2.23. The summed E-state index contributed by atoms with van der Waals surface area (Å²) in [6.45, 7) is 0. The van der Waals surface area contributed by atoms with Crippen molar-refractivity contribution in [2.75, 3.05) is 16.8 Å². The topological polar surface area (TPSA) is 89.3 Å². The Morgan fingerprint density at radius 2 is 1.95 bits per heavy atom. The van der Waals surface area contributed by atoms with Crippen molar-refractivity contribution in [3.8, 4) is 0 Å². The van der Waals surface area contributed by atoms with Gasteiger partial charge in [-0.3, -0.25) is 10.1 Å². The Balaban J connectivity index is 2.33. The molecule has 10 heteroatoms. The van der Waals surface area contributed by atoms with Crippen LogP contribution in [0, 0.1) is 10.1 Å². The maximum absolute atomic E-state index is 12.5. The van der Waals surface area contributed by atoms with Gasteiger partial charge in [-0.05, 0) is 36.5 Å². The Labute approximate surface area is 130 Å². The van der Waals surface area contributed by atoms with Crippen LogP contribution in [-0.2, 0) is 9.84 Å². The third-order valence-electron chi connectivity index (χ3n) is 3.31. The van der Waals surface area contributed by atoms with Crippen molar-refractivity contribution in [3.63, 3.8) is 0 Å². The van der Waals surface area contributed by atoms with Crippen molar-refractivity contribution in [2.24, 2.45) is 0 Å². The van der Waals surface area contributed by atoms with Gasteiger partial charge < -0.3 is 5.32 Å². The molecule has 0 bridgehead atoms. The number of nitrogens with zero attached hydrogens (tertiary/aromatic N) is 1. The van der Waals surface area contributed by atoms with Gasteiger partial charge in [-0.2, -0.15) is 20.5 Å². The second kappa shape index (κ2) is 6.78. The summed E-state index contributed by atoms with van der Waals surface area (Å²) in [4.78, 5) is 9.57. The molecule has 1 aromatic carbocycles. The highest BCUT2D eigenvalue weighted by molar-refractivity contribution is 7.99. The van der Waals surface area contributed by atoms with E-state index in [0.717, 1.165) is 30.4 Å². The zero-order valence-corrected chi connectivity index (χ0v) is 13.0. The standard InChI is InChI=1S/C12H14F2N2O4S2/c13-12(14)22(19,20)9-1-2-10(11(7-9)16(17)18)15-8-3-5-21-6-4-8/h1-2,7-8,12,15H,3-6H2. The van der Waals surface area contributed by atoms with Gasteiger partial charge in [0.2, 0.25) is 9.84 Å². The summed E-state index contributed by atoms with van der Waals surface area (Å²) in [5.41, 5.74) is -0.366. The number of thioether (sulfide) groups is 1. The van der Waals surface area contributed by atoms with Gasteiger partial charge in [0.05, 0.1) is 9.82 Å². The second-order valence-electron chi connectivity index (χ2n) is 4.77. The summed E-state index contributed by atoms with van der Waals surface area (Å²) in [7, 11) is -4.85. The van der Waals surface area contributed by atoms with Crippen LogP contribution in [0.2, 0.25) is 0 Å². The molecule has 0 amide bonds. The van der Waals surface area contributed by atoms with Gasteiger partial charge in [0.15, 0.2) is 0 Å². The summed E-state index contributed by atoms with van der Waals surface area (Å²) in [5.74, 6) is -1.74. The number of hydrogen-bond acceptors (Lipinski definition) is 6. The highest BCUT2D eigenvalue weighted by Gasteiger charge is 2.29. The molecule has 0 saturated carbocycles. The van der Waals surface area contributed by atoms with E-state index < -0.39 is 31.1 Å². The molecule has 2 rings (SSSR count). The molecule has 1 saturated heterocycles. The minimum Gasteiger partial charge on any atom is -0.377 e. The Bertz CT molecular complexity index is 661. The third-order valence-corrected chi connectivity index (χ3v) is 5.74. The number of halogens is 2. The number of rotatable bonds is 5. The van der Waals surface area contributed by atoms with Crippen LogP contribution in [0.25, 0.3) is 0 Å². The monoisotopic (exact) mass is 352 g/mol. The molecule has 1 fully saturated rings. The van der Waals surface area contributed by atoms with E-state index in [-0.39, 0.29) is 11.7 Å². The lowest BCUT2D eigenvalue weighted by atomic mass is 10.1. The van der Waals surface area contributed by atoms with Crippen molar-refractivity contribution < 1.29 is 22.1 Å². The fraction of sp³-hybridized carbons (Fsp3) is 0.500. The van der Waals surface area contributed by atoms with Crippen LogP contribution in [0.15, 0.2) is 23.1 Å². The van der Waals surface area contributed by atoms with E-state index in [9.17, 15) is 27.3 Å². The zero-order valence-electron chi connectivity index (χ0n) is 11.4. The molecule has 22 heavy (non-hydrogen) atoms. The van der Waals surface area contributed by atoms with Crippen LogP contribution in [-0.4, -0.2) is 36.6 Å². The predicted molar refractivity (Wildman–Crippen MR) is 80.3 cm³/mol. The maximum Gasteiger partial charge on any atom is 0.341 e. The van der Waals surface area contributed by atoms with Gasteiger partial charge in [0.25, 0.3) is 5.69 Å². The summed E-state index contributed by atoms with van der Waals surface area (Å²) < 4.78 is 47.9. The van der Waals surface area contributed by atoms with E-state index in [4.69, 9.17) is 0 Å². The molecule has 0 radical (unpaired) electrons. The first kappa shape index (κ1) is 16.9. The number of hydrogen-bond donors (Lipinski definition) is 1. The van der Waals surface area contributed by atoms with Gasteiger partial charge in [0, 0.05) is 12.1 Å². The lowest BCUT2D eigenvalue weighted by molar-refractivity contribution is -0.384. The average molecular weight is 352 g/mol. The van der Waals surface area contributed by atoms with Crippen molar-refractivity contribution in [1.29, 1.82) is 0 Å². The van der Waals surface area contributed by atoms with Crippen LogP contribution < -0.4 is 5.32 Å². The molecule has 0 spiro atoms. The Kier molecular flexibility index (Phi) is 5.22. The molecule has 0 atom stereocenters. The number of sulfone groups is 1. The Hall–Kier alpha value is -1.42. The molecule has 122 valence electrons. The minimum atomic E-state index is -4.85. The van der Waals surface area contributed by atoms with Crippen LogP contribution >= 0.6 is 11.8 Å². The number of benzene rings is 1. The van der Waals surface area contributed by atoms with Crippen molar-refractivity contribution in [1.82, 2.24) is 0 Å². The van der Waals surface area contributed by atoms with E-state index >= 15 is 0 Å². The van der Waals surface area contributed by atoms with E-state index in [1.807, 2.05) is 0 Å². The quantitative estimate of drug-likeness (QED) is 0.647. The molecular weight excluding hydrogens is 338 g/mol. The predicted octanol–water partition coefficient (Wildman–Crippen LogP) is 2.90. The Morgan fingerprint density at radius 1 is 1.32 bits per heavy atom. The van der Waals surface area contributed by atoms with Gasteiger partial charge in [-0.25, -0.2) is 8.42 Å². The fourth-order valence-corrected chi connectivity index (χ4v) is 3.97. The van der Waals surface area contributed by atoms with Crippen molar-refractivity contribution in [3.05, 3.63) is 28.3 Å². The summed E-state index contributed by atoms with van der Waals surface area (Å²) in [6.07, 6.45) is 1.66. The number of anilines is 1. The molecular formula is C12H14F2N2O4S2. The molecule has 1 aromatic rings. The van der Waals surface area contributed by atoms with E-state index in [1.165, 1.54) is 6.07 Å². The average Bonchev–Trinajstić information content (AvgIpc) is 2.48. The van der Waals surface area contributed by atoms with Crippen LogP contribution in [0.4, 0.5) is 20.2 Å². The van der Waals surface area contributed by atoms with Gasteiger partial charge in [-0.15, -0.1) is 0 Å². The fourth-order valence-electron chi connectivity index (χ4n) is 2.13. The molecule has 0 unspecified atom stereocenters. The highest BCUT2D eigenvalue weighted by atomic mass is 32.2. The molecule has 1 aliphatic heterocycles. The van der Waals surface area contributed by atoms with Gasteiger partial charge >= 0.3 is 5.76 Å². The smallest absolute Gasteiger partial charge is 0.341 e. The van der Waals surface area contributed by atoms with Crippen LogP contribution in [0.1, 0.15) is 12.8 Å². The third kappa shape index (κ3) is 3.67. The van der Waals surface area contributed by atoms with E-state index in [0.29, 0.717) is 6.07 Å². The molecule has 1 heterocycles. The maximum atomic E-state index is 12.5. The number of nitro benzene ring substituents is 1. The van der Waals surface area contributed by atoms with E-state index in [2.05, 4.69) is 5.32 Å². The summed E-state index contributed by atoms with van der Waals surface area (Å²) in [5, 5.41) is 14.1. The van der Waals surface area contributed by atoms with Crippen LogP contribution in [0.5, 0.6) is 0 Å². The molecule has 0 aliphatic carbocycles. The van der Waals surface area contributed by atoms with Crippen LogP contribution in [0.3, 0.4) is 0 Å². The van der Waals surface area contributed by atoms with Gasteiger partial charge in [-0.1, -0.05) is 0 Å². The lowest BCUT2D eigenvalue weighted by Crippen LogP contribution is -2.25. The molecule has 6 nitrogen and oxygen atoms in total. The van der Waals surface area contributed by atoms with E-state index in [1.54, 1.807) is 11.8 Å². The summed E-state index contributed by atoms with van der Waals surface area (Å²) in [6, 6.07) is 2.88. The minimum absolute atomic E-state index is 0.0532. The van der Waals surface area contributed by atoms with Crippen molar-refractivity contribution >= 4 is 33.0 Å². The second-order valence-corrected chi connectivity index (χ2v) is 7.92. The highest BCUT2D eigenvalue weighted by Crippen LogP contribution is 2.31. The first-order chi connectivity index (χ1) is 10.3. The summed E-state index contributed by atoms with van der Waals surface area (Å²) >= 11 is 1.79. The number of nitrogens with one attached hydrogen (secondary N) is 1.